The zero-order chi connectivity index (χ0) is 64.5. The van der Waals surface area contributed by atoms with Crippen molar-refractivity contribution in [2.75, 3.05) is 19.8 Å². The number of hydrogen-bond acceptors (Lipinski definition) is 13. The smallest absolute Gasteiger partial charge is 0.220 e. The Morgan fingerprint density at radius 2 is 0.697 bits per heavy atom. The number of carbonyl (C=O) groups is 1. The molecule has 2 heterocycles. The van der Waals surface area contributed by atoms with E-state index < -0.39 is 86.8 Å². The molecule has 89 heavy (non-hydrogen) atoms. The molecule has 0 aromatic heterocycles. The minimum atomic E-state index is -1.79. The van der Waals surface area contributed by atoms with Crippen LogP contribution in [-0.4, -0.2) is 140 Å². The highest BCUT2D eigenvalue weighted by Gasteiger charge is 2.51. The molecular formula is C75H145NO13. The fourth-order valence-corrected chi connectivity index (χ4v) is 13.1. The Balaban J connectivity index is 1.64. The van der Waals surface area contributed by atoms with Gasteiger partial charge in [-0.1, -0.05) is 353 Å². The standard InChI is InChI=1S/C75H145NO13/c1-3-5-7-9-11-13-15-17-19-21-23-25-27-29-31-32-33-34-36-38-40-42-44-46-48-50-52-54-56-58-64(79)63(62-86-74-72(85)70(83)73(66(61-78)88-74)89-75-71(84)69(82)68(81)65(60-77)87-75)76-67(80)59-57-55-53-51-49-47-45-43-41-39-37-35-30-28-26-24-22-20-18-16-14-12-10-8-6-4-2/h56,58,63-66,68-75,77-79,81-85H,3-55,57,59-62H2,1-2H3,(H,76,80)/b58-56+. The van der Waals surface area contributed by atoms with Crippen molar-refractivity contribution in [1.29, 1.82) is 0 Å². The quantitative estimate of drug-likeness (QED) is 0.0204. The predicted octanol–water partition coefficient (Wildman–Crippen LogP) is 16.5. The molecule has 14 nitrogen and oxygen atoms in total. The average Bonchev–Trinajstić information content (AvgIpc) is 1.33. The number of amides is 1. The summed E-state index contributed by atoms with van der Waals surface area (Å²) in [5.74, 6) is -0.229. The summed E-state index contributed by atoms with van der Waals surface area (Å²) in [6.45, 7) is 2.88. The van der Waals surface area contributed by atoms with Gasteiger partial charge >= 0.3 is 0 Å². The molecule has 0 spiro atoms. The van der Waals surface area contributed by atoms with Crippen LogP contribution in [0.15, 0.2) is 12.2 Å². The molecule has 0 radical (unpaired) electrons. The highest BCUT2D eigenvalue weighted by molar-refractivity contribution is 5.76. The van der Waals surface area contributed by atoms with Crippen LogP contribution in [-0.2, 0) is 23.7 Å². The number of aliphatic hydroxyl groups is 8. The number of hydrogen-bond donors (Lipinski definition) is 9. The van der Waals surface area contributed by atoms with Crippen LogP contribution >= 0.6 is 0 Å². The second-order valence-electron chi connectivity index (χ2n) is 27.5. The van der Waals surface area contributed by atoms with E-state index >= 15 is 0 Å². The van der Waals surface area contributed by atoms with Crippen LogP contribution in [0, 0.1) is 0 Å². The summed E-state index contributed by atoms with van der Waals surface area (Å²) >= 11 is 0. The fourth-order valence-electron chi connectivity index (χ4n) is 13.1. The first-order valence-corrected chi connectivity index (χ1v) is 38.4. The van der Waals surface area contributed by atoms with E-state index in [9.17, 15) is 45.6 Å². The fraction of sp³-hybridized carbons (Fsp3) is 0.960. The van der Waals surface area contributed by atoms with Crippen LogP contribution in [0.3, 0.4) is 0 Å². The number of aliphatic hydroxyl groups excluding tert-OH is 8. The van der Waals surface area contributed by atoms with Gasteiger partial charge in [-0.25, -0.2) is 0 Å². The van der Waals surface area contributed by atoms with E-state index in [4.69, 9.17) is 18.9 Å². The molecule has 528 valence electrons. The molecule has 1 amide bonds. The van der Waals surface area contributed by atoms with E-state index in [1.165, 1.54) is 302 Å². The number of nitrogens with one attached hydrogen (secondary N) is 1. The Morgan fingerprint density at radius 1 is 0.393 bits per heavy atom. The van der Waals surface area contributed by atoms with Crippen molar-refractivity contribution in [3.05, 3.63) is 12.2 Å². The lowest BCUT2D eigenvalue weighted by molar-refractivity contribution is -0.359. The minimum Gasteiger partial charge on any atom is -0.394 e. The van der Waals surface area contributed by atoms with Crippen LogP contribution in [0.2, 0.25) is 0 Å². The topological polar surface area (TPSA) is 228 Å². The van der Waals surface area contributed by atoms with Gasteiger partial charge in [0.2, 0.25) is 5.91 Å². The van der Waals surface area contributed by atoms with Crippen molar-refractivity contribution in [3.8, 4) is 0 Å². The minimum absolute atomic E-state index is 0.229. The molecule has 2 aliphatic heterocycles. The lowest BCUT2D eigenvalue weighted by atomic mass is 9.97. The van der Waals surface area contributed by atoms with E-state index in [2.05, 4.69) is 19.2 Å². The molecule has 2 rings (SSSR count). The molecule has 2 saturated heterocycles. The van der Waals surface area contributed by atoms with Crippen LogP contribution < -0.4 is 5.32 Å². The first kappa shape index (κ1) is 83.8. The Bertz CT molecular complexity index is 1540. The van der Waals surface area contributed by atoms with Crippen molar-refractivity contribution < 1.29 is 64.6 Å². The third-order valence-electron chi connectivity index (χ3n) is 19.2. The van der Waals surface area contributed by atoms with Crippen LogP contribution in [0.4, 0.5) is 0 Å². The average molecular weight is 1270 g/mol. The highest BCUT2D eigenvalue weighted by Crippen LogP contribution is 2.30. The largest absolute Gasteiger partial charge is 0.394 e. The van der Waals surface area contributed by atoms with Gasteiger partial charge in [0.05, 0.1) is 32.0 Å². The highest BCUT2D eigenvalue weighted by atomic mass is 16.7. The molecule has 0 bridgehead atoms. The summed E-state index contributed by atoms with van der Waals surface area (Å²) in [5, 5.41) is 87.6. The number of rotatable bonds is 65. The zero-order valence-electron chi connectivity index (χ0n) is 57.7. The number of unbranched alkanes of at least 4 members (excludes halogenated alkanes) is 52. The molecule has 0 aromatic rings. The molecule has 2 aliphatic rings. The Kier molecular flexibility index (Phi) is 56.9. The molecule has 14 heteroatoms. The second-order valence-corrected chi connectivity index (χ2v) is 27.5. The van der Waals surface area contributed by atoms with Crippen molar-refractivity contribution in [2.24, 2.45) is 0 Å². The van der Waals surface area contributed by atoms with Crippen molar-refractivity contribution in [3.63, 3.8) is 0 Å². The Labute approximate surface area is 546 Å². The van der Waals surface area contributed by atoms with E-state index in [0.29, 0.717) is 0 Å². The summed E-state index contributed by atoms with van der Waals surface area (Å²) in [7, 11) is 0. The summed E-state index contributed by atoms with van der Waals surface area (Å²) in [6, 6.07) is -0.912. The summed E-state index contributed by atoms with van der Waals surface area (Å²) in [4.78, 5) is 13.4. The van der Waals surface area contributed by atoms with Crippen LogP contribution in [0.25, 0.3) is 0 Å². The lowest BCUT2D eigenvalue weighted by Crippen LogP contribution is -2.65. The van der Waals surface area contributed by atoms with Crippen LogP contribution in [0.5, 0.6) is 0 Å². The van der Waals surface area contributed by atoms with Gasteiger partial charge in [-0.05, 0) is 19.3 Å². The van der Waals surface area contributed by atoms with Gasteiger partial charge in [0.1, 0.15) is 48.8 Å². The number of carbonyl (C=O) groups excluding carboxylic acids is 1. The van der Waals surface area contributed by atoms with Crippen molar-refractivity contribution in [1.82, 2.24) is 5.32 Å². The molecule has 12 unspecified atom stereocenters. The van der Waals surface area contributed by atoms with E-state index in [-0.39, 0.29) is 18.9 Å². The van der Waals surface area contributed by atoms with Gasteiger partial charge in [0, 0.05) is 6.42 Å². The van der Waals surface area contributed by atoms with Crippen molar-refractivity contribution >= 4 is 5.91 Å². The number of allylic oxidation sites excluding steroid dienone is 1. The molecule has 0 aromatic carbocycles. The SMILES string of the molecule is CCCCCCCCCCCCCCCCCCCCCCCCCCCCC/C=C/C(O)C(COC1OC(CO)C(OC2OC(CO)C(O)C(O)C2O)C(O)C1O)NC(=O)CCCCCCCCCCCCCCCCCCCCCCCCCCCC. The Hall–Kier alpha value is -1.27. The van der Waals surface area contributed by atoms with Crippen molar-refractivity contribution in [2.45, 2.75) is 441 Å². The third kappa shape index (κ3) is 44.2. The van der Waals surface area contributed by atoms with Gasteiger partial charge in [0.25, 0.3) is 0 Å². The van der Waals surface area contributed by atoms with Gasteiger partial charge in [0.15, 0.2) is 12.6 Å². The summed E-state index contributed by atoms with van der Waals surface area (Å²) in [5.41, 5.74) is 0. The molecular weight excluding hydrogens is 1120 g/mol. The maximum atomic E-state index is 13.4. The van der Waals surface area contributed by atoms with Gasteiger partial charge in [-0.15, -0.1) is 0 Å². The molecule has 0 aliphatic carbocycles. The Morgan fingerprint density at radius 3 is 1.03 bits per heavy atom. The first-order valence-electron chi connectivity index (χ1n) is 38.4. The zero-order valence-corrected chi connectivity index (χ0v) is 57.7. The third-order valence-corrected chi connectivity index (χ3v) is 19.2. The summed E-state index contributed by atoms with van der Waals surface area (Å²) in [6.07, 6.45) is 58.6. The van der Waals surface area contributed by atoms with E-state index in [1.807, 2.05) is 6.08 Å². The van der Waals surface area contributed by atoms with Crippen LogP contribution in [0.1, 0.15) is 367 Å². The maximum absolute atomic E-state index is 13.4. The molecule has 12 atom stereocenters. The van der Waals surface area contributed by atoms with E-state index in [0.717, 1.165) is 44.9 Å². The lowest BCUT2D eigenvalue weighted by Gasteiger charge is -2.46. The maximum Gasteiger partial charge on any atom is 0.220 e. The normalized spacial score (nSPS) is 23.0. The molecule has 2 fully saturated rings. The summed E-state index contributed by atoms with van der Waals surface area (Å²) < 4.78 is 22.9. The predicted molar refractivity (Wildman–Crippen MR) is 365 cm³/mol. The van der Waals surface area contributed by atoms with E-state index in [1.54, 1.807) is 6.08 Å². The van der Waals surface area contributed by atoms with Gasteiger partial charge in [-0.3, -0.25) is 4.79 Å². The first-order chi connectivity index (χ1) is 43.6. The number of ether oxygens (including phenoxy) is 4. The second kappa shape index (κ2) is 60.4. The monoisotopic (exact) mass is 1270 g/mol. The molecule has 9 N–H and O–H groups in total. The van der Waals surface area contributed by atoms with Gasteiger partial charge < -0.3 is 65.1 Å². The molecule has 0 saturated carbocycles. The van der Waals surface area contributed by atoms with Gasteiger partial charge in [-0.2, -0.15) is 0 Å².